The molecule has 1 aliphatic heterocycles. The molecule has 0 fully saturated rings. The molecule has 0 bridgehead atoms. The van der Waals surface area contributed by atoms with Crippen LogP contribution in [-0.4, -0.2) is 18.5 Å². The van der Waals surface area contributed by atoms with Gasteiger partial charge in [-0.05, 0) is 28.5 Å². The van der Waals surface area contributed by atoms with Gasteiger partial charge in [0.2, 0.25) is 5.91 Å². The number of fused-ring (bicyclic) bond motifs is 3. The van der Waals surface area contributed by atoms with Gasteiger partial charge < -0.3 is 20.0 Å². The zero-order chi connectivity index (χ0) is 18.1. The lowest BCUT2D eigenvalue weighted by Gasteiger charge is -2.29. The van der Waals surface area contributed by atoms with Crippen molar-refractivity contribution in [3.05, 3.63) is 71.8 Å². The van der Waals surface area contributed by atoms with E-state index in [9.17, 15) is 14.7 Å². The number of anilines is 1. The minimum absolute atomic E-state index is 0.0764. The first-order valence-corrected chi connectivity index (χ1v) is 8.36. The van der Waals surface area contributed by atoms with Crippen molar-refractivity contribution in [2.24, 2.45) is 0 Å². The molecule has 0 radical (unpaired) electrons. The van der Waals surface area contributed by atoms with Gasteiger partial charge in [-0.1, -0.05) is 48.5 Å². The van der Waals surface area contributed by atoms with Crippen LogP contribution in [0, 0.1) is 0 Å². The van der Waals surface area contributed by atoms with Gasteiger partial charge in [-0.15, -0.1) is 0 Å². The normalized spacial score (nSPS) is 16.0. The van der Waals surface area contributed by atoms with Crippen LogP contribution in [0.3, 0.4) is 0 Å². The molecule has 1 aliphatic rings. The molecule has 0 saturated heterocycles. The van der Waals surface area contributed by atoms with Crippen LogP contribution in [0.25, 0.3) is 10.8 Å². The summed E-state index contributed by atoms with van der Waals surface area (Å²) in [5.41, 5.74) is 2.59. The quantitative estimate of drug-likeness (QED) is 0.787. The Morgan fingerprint density at radius 3 is 2.69 bits per heavy atom. The maximum Gasteiger partial charge on any atom is 0.225 e. The summed E-state index contributed by atoms with van der Waals surface area (Å²) >= 11 is 0. The zero-order valence-electron chi connectivity index (χ0n) is 13.9. The van der Waals surface area contributed by atoms with Gasteiger partial charge in [-0.3, -0.25) is 4.79 Å². The molecule has 0 saturated carbocycles. The molecule has 130 valence electrons. The molecule has 1 heterocycles. The Labute approximate surface area is 150 Å². The molecule has 4 rings (SSSR count). The number of rotatable bonds is 4. The summed E-state index contributed by atoms with van der Waals surface area (Å²) in [4.78, 5) is 23.1. The van der Waals surface area contributed by atoms with Crippen molar-refractivity contribution in [3.63, 3.8) is 0 Å². The lowest BCUT2D eigenvalue weighted by atomic mass is 9.81. The Kier molecular flexibility index (Phi) is 4.05. The van der Waals surface area contributed by atoms with Crippen LogP contribution in [0.5, 0.6) is 5.75 Å². The second-order valence-electron chi connectivity index (χ2n) is 6.25. The maximum atomic E-state index is 12.3. The number of para-hydroxylation sites is 1. The predicted octanol–water partition coefficient (Wildman–Crippen LogP) is 2.44. The van der Waals surface area contributed by atoms with Gasteiger partial charge in [-0.25, -0.2) is 0 Å². The summed E-state index contributed by atoms with van der Waals surface area (Å²) in [6, 6.07) is 19.1. The van der Waals surface area contributed by atoms with E-state index < -0.39 is 12.6 Å². The number of amides is 1. The van der Waals surface area contributed by atoms with Crippen LogP contribution in [0.2, 0.25) is 0 Å². The van der Waals surface area contributed by atoms with Crippen LogP contribution in [0.1, 0.15) is 23.5 Å². The van der Waals surface area contributed by atoms with Crippen molar-refractivity contribution in [2.75, 3.05) is 11.9 Å². The van der Waals surface area contributed by atoms with E-state index in [0.29, 0.717) is 5.75 Å². The molecule has 3 aromatic carbocycles. The van der Waals surface area contributed by atoms with Crippen molar-refractivity contribution in [1.29, 1.82) is 0 Å². The number of ether oxygens (including phenoxy) is 1. The maximum absolute atomic E-state index is 12.3. The van der Waals surface area contributed by atoms with Crippen LogP contribution in [0.15, 0.2) is 60.7 Å². The van der Waals surface area contributed by atoms with E-state index in [4.69, 9.17) is 4.74 Å². The number of benzene rings is 3. The molecule has 1 atom stereocenters. The molecule has 0 spiro atoms. The SMILES string of the molecule is O=C([O-])COc1ccccc1[C@@H]1CC(=O)Nc2ccc3ccccc3c21. The summed E-state index contributed by atoms with van der Waals surface area (Å²) in [6.07, 6.45) is 0.271. The summed E-state index contributed by atoms with van der Waals surface area (Å²) in [6.45, 7) is -0.529. The van der Waals surface area contributed by atoms with E-state index >= 15 is 0 Å². The van der Waals surface area contributed by atoms with E-state index in [-0.39, 0.29) is 18.2 Å². The first-order chi connectivity index (χ1) is 12.6. The van der Waals surface area contributed by atoms with Gasteiger partial charge >= 0.3 is 0 Å². The predicted molar refractivity (Wildman–Crippen MR) is 96.0 cm³/mol. The third kappa shape index (κ3) is 2.88. The van der Waals surface area contributed by atoms with Crippen LogP contribution in [-0.2, 0) is 9.59 Å². The number of hydrogen-bond donors (Lipinski definition) is 1. The van der Waals surface area contributed by atoms with E-state index in [0.717, 1.165) is 27.6 Å². The average molecular weight is 346 g/mol. The Balaban J connectivity index is 1.88. The van der Waals surface area contributed by atoms with E-state index in [2.05, 4.69) is 5.32 Å². The largest absolute Gasteiger partial charge is 0.546 e. The van der Waals surface area contributed by atoms with Gasteiger partial charge in [-0.2, -0.15) is 0 Å². The van der Waals surface area contributed by atoms with Crippen LogP contribution < -0.4 is 15.2 Å². The Morgan fingerprint density at radius 1 is 1.08 bits per heavy atom. The molecule has 3 aromatic rings. The number of carbonyl (C=O) groups excluding carboxylic acids is 2. The Bertz CT molecular complexity index is 1010. The van der Waals surface area contributed by atoms with Gasteiger partial charge in [0.1, 0.15) is 12.4 Å². The lowest BCUT2D eigenvalue weighted by Crippen LogP contribution is -2.29. The van der Waals surface area contributed by atoms with E-state index in [1.165, 1.54) is 0 Å². The summed E-state index contributed by atoms with van der Waals surface area (Å²) in [7, 11) is 0. The fourth-order valence-corrected chi connectivity index (χ4v) is 3.57. The minimum Gasteiger partial charge on any atom is -0.546 e. The smallest absolute Gasteiger partial charge is 0.225 e. The second-order valence-corrected chi connectivity index (χ2v) is 6.25. The van der Waals surface area contributed by atoms with Gasteiger partial charge in [0, 0.05) is 23.6 Å². The fourth-order valence-electron chi connectivity index (χ4n) is 3.57. The van der Waals surface area contributed by atoms with Crippen molar-refractivity contribution >= 4 is 28.3 Å². The molecule has 1 amide bonds. The summed E-state index contributed by atoms with van der Waals surface area (Å²) in [5, 5.41) is 15.9. The van der Waals surface area contributed by atoms with Crippen LogP contribution >= 0.6 is 0 Å². The van der Waals surface area contributed by atoms with Gasteiger partial charge in [0.25, 0.3) is 0 Å². The zero-order valence-corrected chi connectivity index (χ0v) is 13.9. The monoisotopic (exact) mass is 346 g/mol. The highest BCUT2D eigenvalue weighted by Crippen LogP contribution is 2.44. The molecular formula is C21H16NO4-. The van der Waals surface area contributed by atoms with Crippen molar-refractivity contribution < 1.29 is 19.4 Å². The molecule has 26 heavy (non-hydrogen) atoms. The first kappa shape index (κ1) is 16.1. The summed E-state index contributed by atoms with van der Waals surface area (Å²) in [5.74, 6) is -1.13. The minimum atomic E-state index is -1.29. The lowest BCUT2D eigenvalue weighted by molar-refractivity contribution is -0.307. The second kappa shape index (κ2) is 6.52. The van der Waals surface area contributed by atoms with E-state index in [1.54, 1.807) is 12.1 Å². The third-order valence-corrected chi connectivity index (χ3v) is 4.62. The number of carboxylic acid groups (broad SMARTS) is 1. The molecule has 0 aliphatic carbocycles. The highest BCUT2D eigenvalue weighted by molar-refractivity contribution is 6.01. The number of carbonyl (C=O) groups is 2. The van der Waals surface area contributed by atoms with E-state index in [1.807, 2.05) is 48.5 Å². The third-order valence-electron chi connectivity index (χ3n) is 4.62. The molecule has 5 nitrogen and oxygen atoms in total. The molecule has 1 N–H and O–H groups in total. The van der Waals surface area contributed by atoms with Crippen molar-refractivity contribution in [3.8, 4) is 5.75 Å². The van der Waals surface area contributed by atoms with Crippen molar-refractivity contribution in [1.82, 2.24) is 0 Å². The topological polar surface area (TPSA) is 78.5 Å². The fraction of sp³-hybridized carbons (Fsp3) is 0.143. The van der Waals surface area contributed by atoms with Crippen LogP contribution in [0.4, 0.5) is 5.69 Å². The van der Waals surface area contributed by atoms with Gasteiger partial charge in [0.15, 0.2) is 0 Å². The molecule has 0 aromatic heterocycles. The molecular weight excluding hydrogens is 330 g/mol. The first-order valence-electron chi connectivity index (χ1n) is 8.36. The molecule has 5 heteroatoms. The number of carboxylic acids is 1. The number of nitrogens with one attached hydrogen (secondary N) is 1. The average Bonchev–Trinajstić information content (AvgIpc) is 2.65. The van der Waals surface area contributed by atoms with Crippen molar-refractivity contribution in [2.45, 2.75) is 12.3 Å². The molecule has 0 unspecified atom stereocenters. The summed E-state index contributed by atoms with van der Waals surface area (Å²) < 4.78 is 5.42. The highest BCUT2D eigenvalue weighted by atomic mass is 16.5. The van der Waals surface area contributed by atoms with Gasteiger partial charge in [0.05, 0.1) is 5.97 Å². The Hall–Kier alpha value is -3.34. The standard InChI is InChI=1S/C21H17NO4/c23-19-11-16(15-7-3-4-8-18(15)26-12-20(24)25)21-14-6-2-1-5-13(14)9-10-17(21)22-19/h1-10,16H,11-12H2,(H,22,23)(H,24,25)/p-1/t16-/m0/s1. The number of hydrogen-bond acceptors (Lipinski definition) is 4. The number of aliphatic carboxylic acids is 1. The Morgan fingerprint density at radius 2 is 1.85 bits per heavy atom. The highest BCUT2D eigenvalue weighted by Gasteiger charge is 2.30.